The largest absolute Gasteiger partial charge is 0.416 e. The number of anilines is 2. The fraction of sp³-hybridized carbons (Fsp3) is 0.688. The second-order valence-corrected chi connectivity index (χ2v) is 9.82. The Morgan fingerprint density at radius 3 is 2.42 bits per heavy atom. The Morgan fingerprint density at radius 1 is 1.35 bits per heavy atom. The number of rotatable bonds is 3. The van der Waals surface area contributed by atoms with Crippen LogP contribution in [0.25, 0.3) is 0 Å². The Hall–Kier alpha value is -1.55. The van der Waals surface area contributed by atoms with Crippen molar-refractivity contribution in [3.63, 3.8) is 0 Å². The third-order valence-electron chi connectivity index (χ3n) is 5.62. The molecule has 10 heteroatoms. The molecule has 1 spiro atoms. The first-order valence-corrected chi connectivity index (χ1v) is 10.4. The van der Waals surface area contributed by atoms with E-state index in [2.05, 4.69) is 4.98 Å². The van der Waals surface area contributed by atoms with E-state index in [1.807, 2.05) is 11.8 Å². The Bertz CT molecular complexity index is 836. The first-order chi connectivity index (χ1) is 12.0. The van der Waals surface area contributed by atoms with Gasteiger partial charge in [0, 0.05) is 43.2 Å². The van der Waals surface area contributed by atoms with E-state index < -0.39 is 21.6 Å². The SMILES string of the molecule is C[C@H]1CCN1c1nc(N2CC3(C2)CS(=O)(=O)C3)cc(C(F)(F)F)c1CN. The highest BCUT2D eigenvalue weighted by atomic mass is 32.2. The molecule has 3 fully saturated rings. The molecular formula is C16H21F3N4O2S. The lowest BCUT2D eigenvalue weighted by atomic mass is 9.83. The van der Waals surface area contributed by atoms with Gasteiger partial charge in [0.05, 0.1) is 17.1 Å². The molecule has 3 saturated heterocycles. The molecule has 0 radical (unpaired) electrons. The summed E-state index contributed by atoms with van der Waals surface area (Å²) in [4.78, 5) is 8.08. The molecule has 0 saturated carbocycles. The standard InChI is InChI=1S/C16H21F3N4O2S/c1-10-2-3-23(10)14-11(5-20)12(16(17,18)19)4-13(21-14)22-6-15(7-22)8-26(24,25)9-15/h4,10H,2-3,5-9,20H2,1H3/t10-/m0/s1. The molecule has 2 N–H and O–H groups in total. The molecule has 0 aromatic carbocycles. The molecule has 3 aliphatic rings. The molecule has 26 heavy (non-hydrogen) atoms. The zero-order valence-electron chi connectivity index (χ0n) is 14.4. The van der Waals surface area contributed by atoms with Crippen LogP contribution < -0.4 is 15.5 Å². The van der Waals surface area contributed by atoms with E-state index >= 15 is 0 Å². The van der Waals surface area contributed by atoms with Crippen molar-refractivity contribution in [1.82, 2.24) is 4.98 Å². The molecule has 1 aromatic heterocycles. The van der Waals surface area contributed by atoms with E-state index in [0.717, 1.165) is 12.5 Å². The van der Waals surface area contributed by atoms with Crippen molar-refractivity contribution in [3.05, 3.63) is 17.2 Å². The van der Waals surface area contributed by atoms with Crippen molar-refractivity contribution in [3.8, 4) is 0 Å². The van der Waals surface area contributed by atoms with E-state index in [0.29, 0.717) is 25.5 Å². The number of nitrogens with zero attached hydrogens (tertiary/aromatic N) is 3. The van der Waals surface area contributed by atoms with Crippen molar-refractivity contribution < 1.29 is 21.6 Å². The van der Waals surface area contributed by atoms with Crippen molar-refractivity contribution in [2.24, 2.45) is 11.1 Å². The monoisotopic (exact) mass is 390 g/mol. The van der Waals surface area contributed by atoms with Crippen LogP contribution in [0.2, 0.25) is 0 Å². The maximum absolute atomic E-state index is 13.6. The number of nitrogens with two attached hydrogens (primary N) is 1. The average Bonchev–Trinajstić information content (AvgIpc) is 2.46. The molecule has 3 aliphatic heterocycles. The topological polar surface area (TPSA) is 79.5 Å². The fourth-order valence-electron chi connectivity index (χ4n) is 4.23. The fourth-order valence-corrected chi connectivity index (χ4v) is 6.38. The first kappa shape index (κ1) is 17.8. The van der Waals surface area contributed by atoms with Crippen LogP contribution in [0.3, 0.4) is 0 Å². The van der Waals surface area contributed by atoms with E-state index in [1.165, 1.54) is 0 Å². The van der Waals surface area contributed by atoms with Gasteiger partial charge in [-0.1, -0.05) is 0 Å². The van der Waals surface area contributed by atoms with Gasteiger partial charge in [0.15, 0.2) is 9.84 Å². The van der Waals surface area contributed by atoms with Crippen LogP contribution in [0.15, 0.2) is 6.07 Å². The Kier molecular flexibility index (Phi) is 3.76. The minimum Gasteiger partial charge on any atom is -0.355 e. The van der Waals surface area contributed by atoms with Crippen LogP contribution in [0.1, 0.15) is 24.5 Å². The molecular weight excluding hydrogens is 369 g/mol. The van der Waals surface area contributed by atoms with Crippen molar-refractivity contribution >= 4 is 21.5 Å². The second-order valence-electron chi connectivity index (χ2n) is 7.75. The highest BCUT2D eigenvalue weighted by Gasteiger charge is 2.56. The molecule has 4 rings (SSSR count). The Balaban J connectivity index is 1.68. The normalized spacial score (nSPS) is 26.3. The van der Waals surface area contributed by atoms with Crippen molar-refractivity contribution in [2.45, 2.75) is 32.1 Å². The molecule has 4 heterocycles. The van der Waals surface area contributed by atoms with Gasteiger partial charge in [-0.15, -0.1) is 0 Å². The van der Waals surface area contributed by atoms with Gasteiger partial charge in [-0.2, -0.15) is 13.2 Å². The number of halogens is 3. The maximum atomic E-state index is 13.6. The first-order valence-electron chi connectivity index (χ1n) is 8.57. The lowest BCUT2D eigenvalue weighted by Gasteiger charge is -2.55. The van der Waals surface area contributed by atoms with E-state index in [1.54, 1.807) is 4.90 Å². The summed E-state index contributed by atoms with van der Waals surface area (Å²) in [5.41, 5.74) is 4.60. The molecule has 6 nitrogen and oxygen atoms in total. The molecule has 0 amide bonds. The van der Waals surface area contributed by atoms with Crippen LogP contribution in [-0.4, -0.2) is 50.6 Å². The summed E-state index contributed by atoms with van der Waals surface area (Å²) in [5.74, 6) is 0.774. The zero-order valence-corrected chi connectivity index (χ0v) is 15.2. The molecule has 0 aliphatic carbocycles. The zero-order chi connectivity index (χ0) is 18.9. The van der Waals surface area contributed by atoms with Crippen LogP contribution in [0.4, 0.5) is 24.8 Å². The van der Waals surface area contributed by atoms with Gasteiger partial charge in [-0.05, 0) is 19.4 Å². The van der Waals surface area contributed by atoms with E-state index in [4.69, 9.17) is 5.73 Å². The number of hydrogen-bond acceptors (Lipinski definition) is 6. The number of hydrogen-bond donors (Lipinski definition) is 1. The third kappa shape index (κ3) is 2.74. The summed E-state index contributed by atoms with van der Waals surface area (Å²) in [6.45, 7) is 3.22. The van der Waals surface area contributed by atoms with Gasteiger partial charge in [-0.3, -0.25) is 0 Å². The Labute approximate surface area is 150 Å². The maximum Gasteiger partial charge on any atom is 0.416 e. The van der Waals surface area contributed by atoms with Gasteiger partial charge in [0.1, 0.15) is 11.6 Å². The van der Waals surface area contributed by atoms with E-state index in [9.17, 15) is 21.6 Å². The average molecular weight is 390 g/mol. The lowest BCUT2D eigenvalue weighted by molar-refractivity contribution is -0.138. The highest BCUT2D eigenvalue weighted by molar-refractivity contribution is 7.92. The number of alkyl halides is 3. The lowest BCUT2D eigenvalue weighted by Crippen LogP contribution is -2.68. The smallest absolute Gasteiger partial charge is 0.355 e. The van der Waals surface area contributed by atoms with Gasteiger partial charge < -0.3 is 15.5 Å². The molecule has 1 aromatic rings. The van der Waals surface area contributed by atoms with Gasteiger partial charge in [-0.25, -0.2) is 13.4 Å². The van der Waals surface area contributed by atoms with Crippen LogP contribution >= 0.6 is 0 Å². The second kappa shape index (κ2) is 5.48. The van der Waals surface area contributed by atoms with Crippen LogP contribution in [0.5, 0.6) is 0 Å². The van der Waals surface area contributed by atoms with E-state index in [-0.39, 0.29) is 40.9 Å². The molecule has 0 unspecified atom stereocenters. The Morgan fingerprint density at radius 2 is 2.00 bits per heavy atom. The summed E-state index contributed by atoms with van der Waals surface area (Å²) in [7, 11) is -2.97. The number of sulfone groups is 1. The molecule has 0 bridgehead atoms. The molecule has 1 atom stereocenters. The highest BCUT2D eigenvalue weighted by Crippen LogP contribution is 2.45. The van der Waals surface area contributed by atoms with Crippen molar-refractivity contribution in [1.29, 1.82) is 0 Å². The summed E-state index contributed by atoms with van der Waals surface area (Å²) < 4.78 is 63.6. The minimum absolute atomic E-state index is 0.0225. The molecule has 144 valence electrons. The van der Waals surface area contributed by atoms with Crippen molar-refractivity contribution in [2.75, 3.05) is 40.9 Å². The van der Waals surface area contributed by atoms with Crippen LogP contribution in [0, 0.1) is 5.41 Å². The summed E-state index contributed by atoms with van der Waals surface area (Å²) in [5, 5.41) is 0. The summed E-state index contributed by atoms with van der Waals surface area (Å²) >= 11 is 0. The van der Waals surface area contributed by atoms with Gasteiger partial charge in [0.2, 0.25) is 0 Å². The van der Waals surface area contributed by atoms with Gasteiger partial charge in [0.25, 0.3) is 0 Å². The third-order valence-corrected chi connectivity index (χ3v) is 7.72. The summed E-state index contributed by atoms with van der Waals surface area (Å²) in [6, 6.07) is 1.18. The number of aromatic nitrogens is 1. The summed E-state index contributed by atoms with van der Waals surface area (Å²) in [6.07, 6.45) is -3.61. The quantitative estimate of drug-likeness (QED) is 0.840. The van der Waals surface area contributed by atoms with Crippen LogP contribution in [-0.2, 0) is 22.6 Å². The number of pyridine rings is 1. The van der Waals surface area contributed by atoms with Gasteiger partial charge >= 0.3 is 6.18 Å². The predicted molar refractivity (Wildman–Crippen MR) is 91.9 cm³/mol. The predicted octanol–water partition coefficient (Wildman–Crippen LogP) is 1.39. The minimum atomic E-state index is -4.52.